The molecule has 3 heteroatoms. The zero-order chi connectivity index (χ0) is 19.7. The van der Waals surface area contributed by atoms with Gasteiger partial charge in [0.2, 0.25) is 0 Å². The zero-order valence-electron chi connectivity index (χ0n) is 15.8. The van der Waals surface area contributed by atoms with Gasteiger partial charge in [0.1, 0.15) is 5.82 Å². The molecular formula is C25H20FNO. The molecule has 4 rings (SSSR count). The molecule has 0 aliphatic carbocycles. The number of rotatable bonds is 3. The highest BCUT2D eigenvalue weighted by Gasteiger charge is 2.19. The first-order chi connectivity index (χ1) is 13.6. The second-order valence-electron chi connectivity index (χ2n) is 6.89. The van der Waals surface area contributed by atoms with Gasteiger partial charge in [-0.2, -0.15) is 0 Å². The average molecular weight is 369 g/mol. The van der Waals surface area contributed by atoms with Crippen LogP contribution in [0.5, 0.6) is 0 Å². The van der Waals surface area contributed by atoms with Crippen molar-refractivity contribution in [1.29, 1.82) is 0 Å². The Balaban J connectivity index is 2.17. The highest BCUT2D eigenvalue weighted by molar-refractivity contribution is 5.73. The number of hydrogen-bond acceptors (Lipinski definition) is 1. The first-order valence-corrected chi connectivity index (χ1v) is 9.20. The number of aromatic nitrogens is 1. The number of hydrogen-bond donors (Lipinski definition) is 0. The van der Waals surface area contributed by atoms with Gasteiger partial charge in [0.05, 0.1) is 17.1 Å². The maximum absolute atomic E-state index is 14.9. The molecule has 1 aromatic heterocycles. The van der Waals surface area contributed by atoms with Gasteiger partial charge < -0.3 is 4.57 Å². The Morgan fingerprint density at radius 3 is 2.14 bits per heavy atom. The molecule has 1 heterocycles. The van der Waals surface area contributed by atoms with E-state index in [0.29, 0.717) is 22.6 Å². The van der Waals surface area contributed by atoms with E-state index in [1.165, 1.54) is 6.07 Å². The fraction of sp³-hybridized carbons (Fsp3) is 0.0800. The van der Waals surface area contributed by atoms with Gasteiger partial charge >= 0.3 is 0 Å². The van der Waals surface area contributed by atoms with E-state index in [2.05, 4.69) is 0 Å². The Kier molecular flexibility index (Phi) is 4.66. The van der Waals surface area contributed by atoms with Crippen LogP contribution in [0.25, 0.3) is 28.2 Å². The van der Waals surface area contributed by atoms with Crippen LogP contribution in [0.4, 0.5) is 4.39 Å². The third-order valence-corrected chi connectivity index (χ3v) is 4.91. The Labute approximate surface area is 163 Å². The number of halogens is 1. The summed E-state index contributed by atoms with van der Waals surface area (Å²) < 4.78 is 16.7. The highest BCUT2D eigenvalue weighted by Crippen LogP contribution is 2.32. The number of aryl methyl sites for hydroxylation is 1. The summed E-state index contributed by atoms with van der Waals surface area (Å²) in [6, 6.07) is 25.8. The van der Waals surface area contributed by atoms with Crippen molar-refractivity contribution in [2.75, 3.05) is 0 Å². The van der Waals surface area contributed by atoms with Crippen molar-refractivity contribution in [3.63, 3.8) is 0 Å². The van der Waals surface area contributed by atoms with Gasteiger partial charge in [0, 0.05) is 11.6 Å². The minimum Gasteiger partial charge on any atom is -0.306 e. The van der Waals surface area contributed by atoms with Crippen molar-refractivity contribution in [2.45, 2.75) is 13.8 Å². The minimum absolute atomic E-state index is 0.0667. The molecule has 0 spiro atoms. The molecule has 0 bridgehead atoms. The summed E-state index contributed by atoms with van der Waals surface area (Å²) in [4.78, 5) is 12.9. The standard InChI is InChI=1S/C25H20FNO/c1-17-9-8-12-20(15-17)23-16-24(28)18(2)25(19-10-4-3-5-11-19)27(23)22-14-7-6-13-21(22)26/h3-16H,1-2H3. The predicted octanol–water partition coefficient (Wildman–Crippen LogP) is 5.93. The maximum Gasteiger partial charge on any atom is 0.185 e. The maximum atomic E-state index is 14.9. The van der Waals surface area contributed by atoms with Gasteiger partial charge in [-0.05, 0) is 43.2 Å². The smallest absolute Gasteiger partial charge is 0.185 e. The van der Waals surface area contributed by atoms with Crippen LogP contribution in [0.15, 0.2) is 89.7 Å². The summed E-state index contributed by atoms with van der Waals surface area (Å²) in [7, 11) is 0. The molecule has 138 valence electrons. The van der Waals surface area contributed by atoms with E-state index in [-0.39, 0.29) is 11.2 Å². The number of nitrogens with zero attached hydrogens (tertiary/aromatic N) is 1. The normalized spacial score (nSPS) is 10.8. The Morgan fingerprint density at radius 2 is 1.43 bits per heavy atom. The summed E-state index contributed by atoms with van der Waals surface area (Å²) in [5.41, 5.74) is 5.13. The van der Waals surface area contributed by atoms with Crippen LogP contribution in [0.2, 0.25) is 0 Å². The van der Waals surface area contributed by atoms with Gasteiger partial charge in [0.25, 0.3) is 0 Å². The Hall–Kier alpha value is -3.46. The lowest BCUT2D eigenvalue weighted by Crippen LogP contribution is -2.16. The van der Waals surface area contributed by atoms with E-state index in [1.54, 1.807) is 31.2 Å². The molecule has 0 aliphatic rings. The lowest BCUT2D eigenvalue weighted by molar-refractivity contribution is 0.618. The second kappa shape index (κ2) is 7.28. The van der Waals surface area contributed by atoms with Crippen LogP contribution in [0.3, 0.4) is 0 Å². The van der Waals surface area contributed by atoms with Gasteiger partial charge in [-0.3, -0.25) is 4.79 Å². The van der Waals surface area contributed by atoms with Crippen molar-refractivity contribution in [3.8, 4) is 28.2 Å². The Bertz CT molecular complexity index is 1210. The molecule has 0 N–H and O–H groups in total. The number of pyridine rings is 1. The molecule has 3 aromatic carbocycles. The first kappa shape index (κ1) is 17.9. The summed E-state index contributed by atoms with van der Waals surface area (Å²) in [5.74, 6) is -0.336. The molecule has 2 nitrogen and oxygen atoms in total. The van der Waals surface area contributed by atoms with E-state index in [9.17, 15) is 9.18 Å². The van der Waals surface area contributed by atoms with E-state index in [0.717, 1.165) is 16.7 Å². The summed E-state index contributed by atoms with van der Waals surface area (Å²) >= 11 is 0. The van der Waals surface area contributed by atoms with Crippen LogP contribution in [-0.4, -0.2) is 4.57 Å². The van der Waals surface area contributed by atoms with Gasteiger partial charge in [-0.15, -0.1) is 0 Å². The monoisotopic (exact) mass is 369 g/mol. The number of para-hydroxylation sites is 1. The third kappa shape index (κ3) is 3.16. The molecule has 0 atom stereocenters. The largest absolute Gasteiger partial charge is 0.306 e. The summed E-state index contributed by atoms with van der Waals surface area (Å²) in [6.07, 6.45) is 0. The predicted molar refractivity (Wildman–Crippen MR) is 112 cm³/mol. The van der Waals surface area contributed by atoms with Gasteiger partial charge in [-0.25, -0.2) is 4.39 Å². The summed E-state index contributed by atoms with van der Waals surface area (Å²) in [5, 5.41) is 0. The van der Waals surface area contributed by atoms with Crippen molar-refractivity contribution in [2.24, 2.45) is 0 Å². The molecule has 4 aromatic rings. The SMILES string of the molecule is Cc1cccc(-c2cc(=O)c(C)c(-c3ccccc3)n2-c2ccccc2F)c1. The average Bonchev–Trinajstić information content (AvgIpc) is 2.71. The van der Waals surface area contributed by atoms with E-state index < -0.39 is 0 Å². The molecule has 0 unspecified atom stereocenters. The topological polar surface area (TPSA) is 22.0 Å². The molecule has 0 saturated carbocycles. The molecule has 0 amide bonds. The third-order valence-electron chi connectivity index (χ3n) is 4.91. The minimum atomic E-state index is -0.336. The lowest BCUT2D eigenvalue weighted by Gasteiger charge is -2.22. The van der Waals surface area contributed by atoms with Crippen molar-refractivity contribution in [3.05, 3.63) is 112 Å². The van der Waals surface area contributed by atoms with E-state index in [1.807, 2.05) is 66.1 Å². The van der Waals surface area contributed by atoms with Crippen molar-refractivity contribution >= 4 is 0 Å². The van der Waals surface area contributed by atoms with Crippen molar-refractivity contribution in [1.82, 2.24) is 4.57 Å². The summed E-state index contributed by atoms with van der Waals surface area (Å²) in [6.45, 7) is 3.80. The molecular weight excluding hydrogens is 349 g/mol. The van der Waals surface area contributed by atoms with Crippen LogP contribution in [-0.2, 0) is 0 Å². The Morgan fingerprint density at radius 1 is 0.750 bits per heavy atom. The fourth-order valence-corrected chi connectivity index (χ4v) is 3.54. The molecule has 0 radical (unpaired) electrons. The zero-order valence-corrected chi connectivity index (χ0v) is 15.8. The van der Waals surface area contributed by atoms with Crippen LogP contribution >= 0.6 is 0 Å². The molecule has 0 saturated heterocycles. The molecule has 0 fully saturated rings. The highest BCUT2D eigenvalue weighted by atomic mass is 19.1. The molecule has 28 heavy (non-hydrogen) atoms. The van der Waals surface area contributed by atoms with Gasteiger partial charge in [0.15, 0.2) is 5.43 Å². The van der Waals surface area contributed by atoms with E-state index >= 15 is 0 Å². The number of benzene rings is 3. The van der Waals surface area contributed by atoms with Gasteiger partial charge in [-0.1, -0.05) is 66.2 Å². The van der Waals surface area contributed by atoms with Crippen LogP contribution < -0.4 is 5.43 Å². The molecule has 0 aliphatic heterocycles. The van der Waals surface area contributed by atoms with Crippen molar-refractivity contribution < 1.29 is 4.39 Å². The lowest BCUT2D eigenvalue weighted by atomic mass is 10.0. The fourth-order valence-electron chi connectivity index (χ4n) is 3.54. The van der Waals surface area contributed by atoms with Crippen LogP contribution in [0, 0.1) is 19.7 Å². The quantitative estimate of drug-likeness (QED) is 0.439. The van der Waals surface area contributed by atoms with Crippen LogP contribution in [0.1, 0.15) is 11.1 Å². The van der Waals surface area contributed by atoms with E-state index in [4.69, 9.17) is 0 Å². The first-order valence-electron chi connectivity index (χ1n) is 9.20. The second-order valence-corrected chi connectivity index (χ2v) is 6.89.